The van der Waals surface area contributed by atoms with Gasteiger partial charge >= 0.3 is 0 Å². The van der Waals surface area contributed by atoms with Crippen LogP contribution in [0.5, 0.6) is 0 Å². The van der Waals surface area contributed by atoms with Crippen LogP contribution in [0, 0.1) is 0 Å². The van der Waals surface area contributed by atoms with Crippen molar-refractivity contribution in [2.75, 3.05) is 0 Å². The molecule has 0 aromatic rings. The van der Waals surface area contributed by atoms with Crippen LogP contribution in [-0.2, 0) is 0 Å². The first-order valence-corrected chi connectivity index (χ1v) is 0. The van der Waals surface area contributed by atoms with E-state index in [1.807, 2.05) is 0 Å². The van der Waals surface area contributed by atoms with Gasteiger partial charge in [0.25, 0.3) is 0 Å². The minimum Gasteiger partial charge on any atom is -0.412 e. The van der Waals surface area contributed by atoms with E-state index in [9.17, 15) is 0 Å². The summed E-state index contributed by atoms with van der Waals surface area (Å²) in [6.45, 7) is 0. The van der Waals surface area contributed by atoms with E-state index in [2.05, 4.69) is 0 Å². The first kappa shape index (κ1) is 66.5. The fraction of sp³-hybridized carbons (Fsp3) is 0. The third-order valence-corrected chi connectivity index (χ3v) is 0. The molecule has 6 N–H and O–H groups in total. The molecule has 0 spiro atoms. The van der Waals surface area contributed by atoms with Crippen LogP contribution in [0.15, 0.2) is 0 Å². The Hall–Kier alpha value is 2.88. The standard InChI is InChI=1S/3Na.3H2O/h;;;3*1H2. The molecule has 27 valence electrons. The van der Waals surface area contributed by atoms with Crippen LogP contribution < -0.4 is 0 Å². The van der Waals surface area contributed by atoms with E-state index >= 15 is 0 Å². The van der Waals surface area contributed by atoms with Crippen LogP contribution in [0.4, 0.5) is 0 Å². The number of rotatable bonds is 0. The van der Waals surface area contributed by atoms with Gasteiger partial charge in [0.2, 0.25) is 0 Å². The summed E-state index contributed by atoms with van der Waals surface area (Å²) < 4.78 is 0. The van der Waals surface area contributed by atoms with Crippen molar-refractivity contribution < 1.29 is 16.4 Å². The van der Waals surface area contributed by atoms with Crippen LogP contribution in [0.1, 0.15) is 0 Å². The number of hydrogen-bond acceptors (Lipinski definition) is 0. The molecule has 0 aromatic carbocycles. The van der Waals surface area contributed by atoms with Crippen LogP contribution in [0.3, 0.4) is 0 Å². The van der Waals surface area contributed by atoms with Gasteiger partial charge in [0.05, 0.1) is 0 Å². The molecule has 0 saturated heterocycles. The summed E-state index contributed by atoms with van der Waals surface area (Å²) in [6.07, 6.45) is 0. The Kier molecular flexibility index (Phi) is 498. The Bertz CT molecular complexity index is 6.00. The molecule has 0 atom stereocenters. The van der Waals surface area contributed by atoms with Crippen LogP contribution in [0.25, 0.3) is 0 Å². The van der Waals surface area contributed by atoms with Gasteiger partial charge < -0.3 is 16.4 Å². The molecule has 3 radical (unpaired) electrons. The Labute approximate surface area is 103 Å². The Morgan fingerprint density at radius 3 is 0.333 bits per heavy atom. The van der Waals surface area contributed by atoms with Crippen molar-refractivity contribution in [2.24, 2.45) is 0 Å². The predicted octanol–water partition coefficient (Wildman–Crippen LogP) is -3.62. The molecule has 0 rings (SSSR count). The van der Waals surface area contributed by atoms with Crippen molar-refractivity contribution in [3.05, 3.63) is 0 Å². The third-order valence-electron chi connectivity index (χ3n) is 0. The van der Waals surface area contributed by atoms with Crippen molar-refractivity contribution in [2.45, 2.75) is 0 Å². The summed E-state index contributed by atoms with van der Waals surface area (Å²) in [5.41, 5.74) is 0. The van der Waals surface area contributed by atoms with Gasteiger partial charge in [0.15, 0.2) is 0 Å². The smallest absolute Gasteiger partial charge is 0 e. The van der Waals surface area contributed by atoms with Crippen molar-refractivity contribution in [1.29, 1.82) is 0 Å². The van der Waals surface area contributed by atoms with E-state index in [0.29, 0.717) is 0 Å². The fourth-order valence-corrected chi connectivity index (χ4v) is 0. The molecule has 0 amide bonds. The van der Waals surface area contributed by atoms with E-state index in [0.717, 1.165) is 0 Å². The average molecular weight is 123 g/mol. The molecule has 3 nitrogen and oxygen atoms in total. The quantitative estimate of drug-likeness (QED) is 0.297. The third kappa shape index (κ3) is 28.7. The largest absolute Gasteiger partial charge is 0.412 e. The Morgan fingerprint density at radius 1 is 0.333 bits per heavy atom. The van der Waals surface area contributed by atoms with Gasteiger partial charge in [-0.05, 0) is 0 Å². The van der Waals surface area contributed by atoms with Gasteiger partial charge in [0, 0.05) is 88.7 Å². The maximum absolute atomic E-state index is 0. The first-order valence-electron chi connectivity index (χ1n) is 0. The second kappa shape index (κ2) is 45.0. The van der Waals surface area contributed by atoms with Crippen LogP contribution >= 0.6 is 0 Å². The summed E-state index contributed by atoms with van der Waals surface area (Å²) in [6, 6.07) is 0. The maximum atomic E-state index is 0. The molecular weight excluding hydrogens is 117 g/mol. The fourth-order valence-electron chi connectivity index (χ4n) is 0. The summed E-state index contributed by atoms with van der Waals surface area (Å²) in [4.78, 5) is 0. The van der Waals surface area contributed by atoms with Crippen molar-refractivity contribution in [3.8, 4) is 0 Å². The molecule has 0 aliphatic carbocycles. The molecule has 0 unspecified atom stereocenters. The first-order chi connectivity index (χ1) is 0. The molecule has 6 heteroatoms. The zero-order valence-corrected chi connectivity index (χ0v) is 10.5. The van der Waals surface area contributed by atoms with E-state index in [1.54, 1.807) is 0 Å². The minimum absolute atomic E-state index is 0. The molecule has 0 aliphatic rings. The van der Waals surface area contributed by atoms with Crippen molar-refractivity contribution in [1.82, 2.24) is 0 Å². The van der Waals surface area contributed by atoms with Gasteiger partial charge in [-0.15, -0.1) is 0 Å². The van der Waals surface area contributed by atoms with Crippen LogP contribution in [0.2, 0.25) is 0 Å². The van der Waals surface area contributed by atoms with E-state index in [-0.39, 0.29) is 105 Å². The van der Waals surface area contributed by atoms with Gasteiger partial charge in [-0.3, -0.25) is 0 Å². The van der Waals surface area contributed by atoms with Gasteiger partial charge in [0.1, 0.15) is 0 Å². The van der Waals surface area contributed by atoms with Gasteiger partial charge in [-0.2, -0.15) is 0 Å². The van der Waals surface area contributed by atoms with E-state index in [4.69, 9.17) is 0 Å². The van der Waals surface area contributed by atoms with E-state index < -0.39 is 0 Å². The number of hydrogen-bond donors (Lipinski definition) is 0. The molecule has 0 bridgehead atoms. The Morgan fingerprint density at radius 2 is 0.333 bits per heavy atom. The zero-order valence-electron chi connectivity index (χ0n) is 4.50. The van der Waals surface area contributed by atoms with Crippen molar-refractivity contribution >= 4 is 88.7 Å². The second-order valence-corrected chi connectivity index (χ2v) is 0. The predicted molar refractivity (Wildman–Crippen MR) is 28.1 cm³/mol. The summed E-state index contributed by atoms with van der Waals surface area (Å²) in [5.74, 6) is 0. The molecule has 0 aromatic heterocycles. The second-order valence-electron chi connectivity index (χ2n) is 0. The maximum Gasteiger partial charge on any atom is 0 e. The molecular formula is H6Na3O3. The van der Waals surface area contributed by atoms with Gasteiger partial charge in [-0.25, -0.2) is 0 Å². The molecule has 0 aliphatic heterocycles. The topological polar surface area (TPSA) is 94.5 Å². The normalized spacial score (nSPS) is 0. The van der Waals surface area contributed by atoms with Gasteiger partial charge in [-0.1, -0.05) is 0 Å². The molecule has 0 fully saturated rings. The molecule has 0 heterocycles. The van der Waals surface area contributed by atoms with Crippen LogP contribution in [-0.4, -0.2) is 105 Å². The summed E-state index contributed by atoms with van der Waals surface area (Å²) in [7, 11) is 0. The monoisotopic (exact) mass is 123 g/mol. The molecule has 6 heavy (non-hydrogen) atoms. The SMILES string of the molecule is O.O.O.[Na].[Na].[Na]. The average Bonchev–Trinajstić information content (AvgIpc) is 0. The Balaban J connectivity index is 0. The van der Waals surface area contributed by atoms with E-state index in [1.165, 1.54) is 0 Å². The molecule has 0 saturated carbocycles. The zero-order chi connectivity index (χ0) is 0. The summed E-state index contributed by atoms with van der Waals surface area (Å²) >= 11 is 0. The summed E-state index contributed by atoms with van der Waals surface area (Å²) in [5, 5.41) is 0. The van der Waals surface area contributed by atoms with Crippen molar-refractivity contribution in [3.63, 3.8) is 0 Å². The minimum atomic E-state index is 0.